The predicted octanol–water partition coefficient (Wildman–Crippen LogP) is 1.02. The standard InChI is InChI=1S/C13H10N6O2/c20-10-5-9(6-14-7-10)13(21)16-11-3-1-2-4-12(11)19-8-15-17-18-19/h1-8,20H,(H,16,21). The topological polar surface area (TPSA) is 106 Å². The zero-order valence-electron chi connectivity index (χ0n) is 10.7. The number of hydrogen-bond donors (Lipinski definition) is 2. The Bertz CT molecular complexity index is 772. The van der Waals surface area contributed by atoms with Crippen molar-refractivity contribution >= 4 is 11.6 Å². The lowest BCUT2D eigenvalue weighted by atomic mass is 10.2. The molecule has 3 aromatic rings. The summed E-state index contributed by atoms with van der Waals surface area (Å²) in [5.41, 5.74) is 1.42. The molecule has 8 heteroatoms. The molecule has 0 saturated carbocycles. The van der Waals surface area contributed by atoms with Gasteiger partial charge in [0.25, 0.3) is 5.91 Å². The Labute approximate surface area is 119 Å². The molecule has 8 nitrogen and oxygen atoms in total. The van der Waals surface area contributed by atoms with Crippen molar-refractivity contribution in [3.05, 3.63) is 54.6 Å². The molecule has 1 aromatic carbocycles. The van der Waals surface area contributed by atoms with Gasteiger partial charge in [-0.15, -0.1) is 5.10 Å². The lowest BCUT2D eigenvalue weighted by Crippen LogP contribution is -2.14. The number of aromatic nitrogens is 5. The van der Waals surface area contributed by atoms with Crippen molar-refractivity contribution in [2.45, 2.75) is 0 Å². The molecule has 2 heterocycles. The van der Waals surface area contributed by atoms with Crippen LogP contribution in [0.3, 0.4) is 0 Å². The smallest absolute Gasteiger partial charge is 0.257 e. The molecule has 0 atom stereocenters. The van der Waals surface area contributed by atoms with E-state index >= 15 is 0 Å². The largest absolute Gasteiger partial charge is 0.506 e. The summed E-state index contributed by atoms with van der Waals surface area (Å²) in [7, 11) is 0. The molecule has 0 saturated heterocycles. The van der Waals surface area contributed by atoms with E-state index in [0.717, 1.165) is 0 Å². The van der Waals surface area contributed by atoms with Gasteiger partial charge in [0.2, 0.25) is 0 Å². The summed E-state index contributed by atoms with van der Waals surface area (Å²) in [5, 5.41) is 23.0. The van der Waals surface area contributed by atoms with E-state index in [1.165, 1.54) is 29.5 Å². The second-order valence-electron chi connectivity index (χ2n) is 4.16. The SMILES string of the molecule is O=C(Nc1ccccc1-n1cnnn1)c1cncc(O)c1. The number of amides is 1. The fourth-order valence-corrected chi connectivity index (χ4v) is 1.80. The lowest BCUT2D eigenvalue weighted by Gasteiger charge is -2.10. The maximum atomic E-state index is 12.2. The number of aromatic hydroxyl groups is 1. The summed E-state index contributed by atoms with van der Waals surface area (Å²) in [6, 6.07) is 8.42. The first kappa shape index (κ1) is 12.7. The molecule has 0 radical (unpaired) electrons. The van der Waals surface area contributed by atoms with Crippen LogP contribution >= 0.6 is 0 Å². The summed E-state index contributed by atoms with van der Waals surface area (Å²) in [6.07, 6.45) is 4.06. The quantitative estimate of drug-likeness (QED) is 0.742. The van der Waals surface area contributed by atoms with Crippen LogP contribution in [-0.2, 0) is 0 Å². The van der Waals surface area contributed by atoms with Crippen molar-refractivity contribution in [2.75, 3.05) is 5.32 Å². The molecule has 2 N–H and O–H groups in total. The van der Waals surface area contributed by atoms with Crippen LogP contribution in [0, 0.1) is 0 Å². The number of hydrogen-bond acceptors (Lipinski definition) is 6. The number of tetrazole rings is 1. The number of anilines is 1. The van der Waals surface area contributed by atoms with Gasteiger partial charge in [-0.3, -0.25) is 9.78 Å². The van der Waals surface area contributed by atoms with Gasteiger partial charge in [0, 0.05) is 6.20 Å². The molecule has 0 aliphatic carbocycles. The first-order valence-corrected chi connectivity index (χ1v) is 6.02. The third kappa shape index (κ3) is 2.68. The average Bonchev–Trinajstić information content (AvgIpc) is 3.02. The first-order valence-electron chi connectivity index (χ1n) is 6.02. The van der Waals surface area contributed by atoms with E-state index in [2.05, 4.69) is 25.8 Å². The fraction of sp³-hybridized carbons (Fsp3) is 0. The van der Waals surface area contributed by atoms with E-state index in [1.807, 2.05) is 6.07 Å². The zero-order valence-corrected chi connectivity index (χ0v) is 10.7. The molecule has 0 aliphatic rings. The minimum atomic E-state index is -0.390. The van der Waals surface area contributed by atoms with Crippen LogP contribution in [0.2, 0.25) is 0 Å². The van der Waals surface area contributed by atoms with Crippen LogP contribution < -0.4 is 5.32 Å². The van der Waals surface area contributed by atoms with Crippen LogP contribution in [0.4, 0.5) is 5.69 Å². The minimum Gasteiger partial charge on any atom is -0.506 e. The minimum absolute atomic E-state index is 0.0728. The second kappa shape index (κ2) is 5.37. The highest BCUT2D eigenvalue weighted by molar-refractivity contribution is 6.05. The van der Waals surface area contributed by atoms with E-state index in [1.54, 1.807) is 18.2 Å². The number of carbonyl (C=O) groups excluding carboxylic acids is 1. The van der Waals surface area contributed by atoms with E-state index in [4.69, 9.17) is 0 Å². The van der Waals surface area contributed by atoms with Gasteiger partial charge in [-0.05, 0) is 28.6 Å². The maximum Gasteiger partial charge on any atom is 0.257 e. The predicted molar refractivity (Wildman–Crippen MR) is 73.0 cm³/mol. The highest BCUT2D eigenvalue weighted by Gasteiger charge is 2.11. The molecular formula is C13H10N6O2. The molecule has 104 valence electrons. The Hall–Kier alpha value is -3.29. The molecule has 0 spiro atoms. The van der Waals surface area contributed by atoms with Crippen LogP contribution in [0.5, 0.6) is 5.75 Å². The van der Waals surface area contributed by atoms with Crippen LogP contribution in [0.15, 0.2) is 49.1 Å². The third-order valence-electron chi connectivity index (χ3n) is 2.73. The lowest BCUT2D eigenvalue weighted by molar-refractivity contribution is 0.102. The van der Waals surface area contributed by atoms with E-state index in [9.17, 15) is 9.90 Å². The fourth-order valence-electron chi connectivity index (χ4n) is 1.80. The van der Waals surface area contributed by atoms with Crippen molar-refractivity contribution in [3.8, 4) is 11.4 Å². The van der Waals surface area contributed by atoms with E-state index in [-0.39, 0.29) is 17.2 Å². The number of rotatable bonds is 3. The Morgan fingerprint density at radius 1 is 1.24 bits per heavy atom. The van der Waals surface area contributed by atoms with Crippen molar-refractivity contribution < 1.29 is 9.90 Å². The van der Waals surface area contributed by atoms with Gasteiger partial charge in [-0.2, -0.15) is 4.68 Å². The second-order valence-corrected chi connectivity index (χ2v) is 4.16. The van der Waals surface area contributed by atoms with Crippen molar-refractivity contribution in [3.63, 3.8) is 0 Å². The van der Waals surface area contributed by atoms with Gasteiger partial charge in [-0.1, -0.05) is 12.1 Å². The molecule has 1 amide bonds. The van der Waals surface area contributed by atoms with Gasteiger partial charge >= 0.3 is 0 Å². The Morgan fingerprint density at radius 2 is 2.10 bits per heavy atom. The molecule has 0 unspecified atom stereocenters. The number of carbonyl (C=O) groups is 1. The van der Waals surface area contributed by atoms with Gasteiger partial charge in [-0.25, -0.2) is 0 Å². The highest BCUT2D eigenvalue weighted by atomic mass is 16.3. The Balaban J connectivity index is 1.90. The normalized spacial score (nSPS) is 10.3. The molecule has 2 aromatic heterocycles. The van der Waals surface area contributed by atoms with Crippen molar-refractivity contribution in [1.82, 2.24) is 25.2 Å². The van der Waals surface area contributed by atoms with Crippen LogP contribution in [0.25, 0.3) is 5.69 Å². The first-order chi connectivity index (χ1) is 10.2. The number of nitrogens with zero attached hydrogens (tertiary/aromatic N) is 5. The van der Waals surface area contributed by atoms with Crippen LogP contribution in [-0.4, -0.2) is 36.2 Å². The summed E-state index contributed by atoms with van der Waals surface area (Å²) in [4.78, 5) is 15.9. The summed E-state index contributed by atoms with van der Waals surface area (Å²) in [6.45, 7) is 0. The van der Waals surface area contributed by atoms with Crippen molar-refractivity contribution in [2.24, 2.45) is 0 Å². The number of pyridine rings is 1. The van der Waals surface area contributed by atoms with E-state index in [0.29, 0.717) is 11.4 Å². The van der Waals surface area contributed by atoms with Crippen LogP contribution in [0.1, 0.15) is 10.4 Å². The molecule has 3 rings (SSSR count). The molecule has 0 fully saturated rings. The monoisotopic (exact) mass is 282 g/mol. The van der Waals surface area contributed by atoms with Gasteiger partial charge in [0.15, 0.2) is 0 Å². The molecular weight excluding hydrogens is 272 g/mol. The Kier molecular flexibility index (Phi) is 3.26. The summed E-state index contributed by atoms with van der Waals surface area (Å²) < 4.78 is 1.44. The Morgan fingerprint density at radius 3 is 2.86 bits per heavy atom. The number of para-hydroxylation sites is 2. The number of benzene rings is 1. The van der Waals surface area contributed by atoms with Gasteiger partial charge in [0.1, 0.15) is 12.1 Å². The molecule has 0 aliphatic heterocycles. The highest BCUT2D eigenvalue weighted by Crippen LogP contribution is 2.19. The number of nitrogens with one attached hydrogen (secondary N) is 1. The average molecular weight is 282 g/mol. The van der Waals surface area contributed by atoms with Gasteiger partial charge in [0.05, 0.1) is 23.1 Å². The summed E-state index contributed by atoms with van der Waals surface area (Å²) >= 11 is 0. The van der Waals surface area contributed by atoms with Gasteiger partial charge < -0.3 is 10.4 Å². The molecule has 21 heavy (non-hydrogen) atoms. The third-order valence-corrected chi connectivity index (χ3v) is 2.73. The zero-order chi connectivity index (χ0) is 14.7. The van der Waals surface area contributed by atoms with Crippen molar-refractivity contribution in [1.29, 1.82) is 0 Å². The maximum absolute atomic E-state index is 12.2. The van der Waals surface area contributed by atoms with E-state index < -0.39 is 0 Å². The molecule has 0 bridgehead atoms. The summed E-state index contributed by atoms with van der Waals surface area (Å²) in [5.74, 6) is -0.463.